The highest BCUT2D eigenvalue weighted by Gasteiger charge is 2.35. The number of halogens is 5. The summed E-state index contributed by atoms with van der Waals surface area (Å²) in [6, 6.07) is 6.27. The summed E-state index contributed by atoms with van der Waals surface area (Å²) < 4.78 is 90.2. The molecule has 0 bridgehead atoms. The Morgan fingerprint density at radius 1 is 0.857 bits per heavy atom. The van der Waals surface area contributed by atoms with E-state index in [2.05, 4.69) is 9.61 Å². The predicted octanol–water partition coefficient (Wildman–Crippen LogP) is 5.86. The van der Waals surface area contributed by atoms with E-state index in [9.17, 15) is 26.5 Å². The van der Waals surface area contributed by atoms with Crippen LogP contribution in [0.5, 0.6) is 11.5 Å². The lowest BCUT2D eigenvalue weighted by molar-refractivity contribution is 0.320. The summed E-state index contributed by atoms with van der Waals surface area (Å²) in [5.41, 5.74) is 0.759. The molecule has 0 fully saturated rings. The van der Waals surface area contributed by atoms with Crippen LogP contribution in [0.25, 0.3) is 0 Å². The second kappa shape index (κ2) is 8.09. The molecule has 10 heteroatoms. The van der Waals surface area contributed by atoms with Crippen molar-refractivity contribution in [2.75, 3.05) is 6.54 Å². The second-order valence-electron chi connectivity index (χ2n) is 6.87. The smallest absolute Gasteiger partial charge is 0.405 e. The zero-order valence-corrected chi connectivity index (χ0v) is 16.5. The van der Waals surface area contributed by atoms with Gasteiger partial charge in [-0.05, 0) is 23.1 Å². The van der Waals surface area contributed by atoms with Crippen molar-refractivity contribution < 1.29 is 35.6 Å². The van der Waals surface area contributed by atoms with Crippen LogP contribution in [0, 0.1) is 29.1 Å². The highest BCUT2D eigenvalue weighted by molar-refractivity contribution is 7.52. The van der Waals surface area contributed by atoms with E-state index in [1.807, 2.05) is 20.8 Å². The highest BCUT2D eigenvalue weighted by Crippen LogP contribution is 2.47. The molecular formula is C18H19F5NO3P. The molecule has 0 aliphatic rings. The van der Waals surface area contributed by atoms with Crippen molar-refractivity contribution in [3.63, 3.8) is 0 Å². The van der Waals surface area contributed by atoms with Crippen molar-refractivity contribution in [3.8, 4) is 11.5 Å². The first-order chi connectivity index (χ1) is 12.9. The Morgan fingerprint density at radius 2 is 1.32 bits per heavy atom. The standard InChI is InChI=1S/C18H19F5NO3P/c1-5-24-28(25,26-11-8-6-10(7-9-11)18(2,3)4)27-17-15(22)13(20)12(19)14(21)16(17)23/h6-9H,5H2,1-4H3,(H,24,25). The van der Waals surface area contributed by atoms with Crippen LogP contribution in [0.15, 0.2) is 24.3 Å². The maximum atomic E-state index is 13.8. The molecule has 0 saturated heterocycles. The van der Waals surface area contributed by atoms with Crippen LogP contribution in [0.2, 0.25) is 0 Å². The van der Waals surface area contributed by atoms with Crippen LogP contribution in [-0.2, 0) is 9.98 Å². The van der Waals surface area contributed by atoms with Crippen molar-refractivity contribution in [3.05, 3.63) is 58.9 Å². The molecule has 0 aromatic heterocycles. The molecule has 28 heavy (non-hydrogen) atoms. The topological polar surface area (TPSA) is 47.6 Å². The van der Waals surface area contributed by atoms with Gasteiger partial charge in [0.25, 0.3) is 0 Å². The van der Waals surface area contributed by atoms with Crippen LogP contribution in [0.1, 0.15) is 33.3 Å². The lowest BCUT2D eigenvalue weighted by Crippen LogP contribution is -2.20. The molecule has 0 radical (unpaired) electrons. The highest BCUT2D eigenvalue weighted by atomic mass is 31.2. The molecule has 0 aliphatic carbocycles. The normalized spacial score (nSPS) is 13.9. The van der Waals surface area contributed by atoms with E-state index in [1.54, 1.807) is 12.1 Å². The monoisotopic (exact) mass is 423 g/mol. The van der Waals surface area contributed by atoms with Gasteiger partial charge in [-0.3, -0.25) is 0 Å². The van der Waals surface area contributed by atoms with Crippen LogP contribution in [0.3, 0.4) is 0 Å². The molecule has 0 heterocycles. The van der Waals surface area contributed by atoms with Crippen molar-refractivity contribution >= 4 is 7.75 Å². The Kier molecular flexibility index (Phi) is 6.41. The van der Waals surface area contributed by atoms with Gasteiger partial charge in [-0.2, -0.15) is 8.78 Å². The van der Waals surface area contributed by atoms with E-state index in [-0.39, 0.29) is 17.7 Å². The molecule has 0 amide bonds. The first-order valence-electron chi connectivity index (χ1n) is 8.26. The van der Waals surface area contributed by atoms with Crippen LogP contribution in [-0.4, -0.2) is 6.54 Å². The fourth-order valence-corrected chi connectivity index (χ4v) is 3.57. The van der Waals surface area contributed by atoms with Gasteiger partial charge in [-0.25, -0.2) is 22.8 Å². The Labute approximate surface area is 159 Å². The van der Waals surface area contributed by atoms with Gasteiger partial charge in [-0.15, -0.1) is 0 Å². The largest absolute Gasteiger partial charge is 0.513 e. The van der Waals surface area contributed by atoms with E-state index in [1.165, 1.54) is 19.1 Å². The molecule has 2 aromatic rings. The van der Waals surface area contributed by atoms with Gasteiger partial charge in [-0.1, -0.05) is 39.8 Å². The molecule has 0 spiro atoms. The lowest BCUT2D eigenvalue weighted by atomic mass is 9.87. The van der Waals surface area contributed by atoms with Crippen LogP contribution >= 0.6 is 7.75 Å². The van der Waals surface area contributed by atoms with Gasteiger partial charge in [0.15, 0.2) is 0 Å². The molecule has 154 valence electrons. The molecular weight excluding hydrogens is 404 g/mol. The van der Waals surface area contributed by atoms with Crippen molar-refractivity contribution in [2.45, 2.75) is 33.1 Å². The Bertz CT molecular complexity index is 884. The molecule has 4 nitrogen and oxygen atoms in total. The van der Waals surface area contributed by atoms with Gasteiger partial charge >= 0.3 is 7.75 Å². The summed E-state index contributed by atoms with van der Waals surface area (Å²) in [4.78, 5) is 0. The number of benzene rings is 2. The van der Waals surface area contributed by atoms with Crippen molar-refractivity contribution in [1.29, 1.82) is 0 Å². The third kappa shape index (κ3) is 4.64. The number of hydrogen-bond acceptors (Lipinski definition) is 3. The SMILES string of the molecule is CCNP(=O)(Oc1ccc(C(C)(C)C)cc1)Oc1c(F)c(F)c(F)c(F)c1F. The molecule has 1 unspecified atom stereocenters. The van der Waals surface area contributed by atoms with Crippen molar-refractivity contribution in [2.24, 2.45) is 0 Å². The molecule has 1 atom stereocenters. The second-order valence-corrected chi connectivity index (χ2v) is 8.54. The minimum Gasteiger partial charge on any atom is -0.405 e. The maximum absolute atomic E-state index is 13.8. The fraction of sp³-hybridized carbons (Fsp3) is 0.333. The molecule has 2 aromatic carbocycles. The fourth-order valence-electron chi connectivity index (χ4n) is 2.22. The molecule has 0 saturated carbocycles. The summed E-state index contributed by atoms with van der Waals surface area (Å²) >= 11 is 0. The van der Waals surface area contributed by atoms with Crippen LogP contribution in [0.4, 0.5) is 22.0 Å². The summed E-state index contributed by atoms with van der Waals surface area (Å²) in [6.07, 6.45) is 0. The zero-order chi connectivity index (χ0) is 21.3. The minimum atomic E-state index is -4.51. The summed E-state index contributed by atoms with van der Waals surface area (Å²) in [6.45, 7) is 7.36. The average molecular weight is 423 g/mol. The number of nitrogens with one attached hydrogen (secondary N) is 1. The Morgan fingerprint density at radius 3 is 1.75 bits per heavy atom. The number of hydrogen-bond donors (Lipinski definition) is 1. The van der Waals surface area contributed by atoms with E-state index in [4.69, 9.17) is 4.52 Å². The molecule has 1 N–H and O–H groups in total. The minimum absolute atomic E-state index is 0.0150. The van der Waals surface area contributed by atoms with Gasteiger partial charge in [0.1, 0.15) is 5.75 Å². The Hall–Kier alpha value is -2.12. The third-order valence-corrected chi connectivity index (χ3v) is 5.26. The molecule has 2 rings (SSSR count). The average Bonchev–Trinajstić information content (AvgIpc) is 2.62. The predicted molar refractivity (Wildman–Crippen MR) is 93.9 cm³/mol. The summed E-state index contributed by atoms with van der Waals surface area (Å²) in [5, 5.41) is 2.25. The number of rotatable bonds is 6. The van der Waals surface area contributed by atoms with Gasteiger partial charge in [0.05, 0.1) is 0 Å². The van der Waals surface area contributed by atoms with E-state index < -0.39 is 42.6 Å². The van der Waals surface area contributed by atoms with E-state index in [0.717, 1.165) is 5.56 Å². The van der Waals surface area contributed by atoms with Gasteiger partial charge in [0.2, 0.25) is 34.8 Å². The first-order valence-corrected chi connectivity index (χ1v) is 9.80. The molecule has 0 aliphatic heterocycles. The van der Waals surface area contributed by atoms with Crippen LogP contribution < -0.4 is 14.1 Å². The lowest BCUT2D eigenvalue weighted by Gasteiger charge is -2.22. The van der Waals surface area contributed by atoms with Gasteiger partial charge < -0.3 is 9.05 Å². The summed E-state index contributed by atoms with van der Waals surface area (Å²) in [5.74, 6) is -13.0. The first kappa shape index (κ1) is 22.2. The van der Waals surface area contributed by atoms with Crippen molar-refractivity contribution in [1.82, 2.24) is 5.09 Å². The van der Waals surface area contributed by atoms with E-state index >= 15 is 0 Å². The summed E-state index contributed by atoms with van der Waals surface area (Å²) in [7, 11) is -4.51. The quantitative estimate of drug-likeness (QED) is 0.274. The van der Waals surface area contributed by atoms with E-state index in [0.29, 0.717) is 0 Å². The zero-order valence-electron chi connectivity index (χ0n) is 15.6. The van der Waals surface area contributed by atoms with Gasteiger partial charge in [0, 0.05) is 6.54 Å². The Balaban J connectivity index is 2.39. The third-order valence-electron chi connectivity index (χ3n) is 3.68. The maximum Gasteiger partial charge on any atom is 0.513 e.